The highest BCUT2D eigenvalue weighted by Gasteiger charge is 2.09. The third kappa shape index (κ3) is 4.96. The van der Waals surface area contributed by atoms with E-state index in [9.17, 15) is 4.79 Å². The van der Waals surface area contributed by atoms with Crippen molar-refractivity contribution in [1.29, 1.82) is 0 Å². The maximum Gasteiger partial charge on any atom is 0.336 e. The largest absolute Gasteiger partial charge is 0.494 e. The van der Waals surface area contributed by atoms with Gasteiger partial charge in [-0.3, -0.25) is 0 Å². The van der Waals surface area contributed by atoms with E-state index in [1.165, 1.54) is 6.08 Å². The summed E-state index contributed by atoms with van der Waals surface area (Å²) in [5.74, 6) is 1.02. The van der Waals surface area contributed by atoms with E-state index in [1.54, 1.807) is 6.08 Å². The van der Waals surface area contributed by atoms with Gasteiger partial charge >= 0.3 is 5.97 Å². The van der Waals surface area contributed by atoms with Gasteiger partial charge in [0.25, 0.3) is 0 Å². The maximum absolute atomic E-state index is 12.0. The van der Waals surface area contributed by atoms with Crippen molar-refractivity contribution in [2.75, 3.05) is 6.61 Å². The van der Waals surface area contributed by atoms with Crippen LogP contribution in [-0.2, 0) is 4.79 Å². The average Bonchev–Trinajstić information content (AvgIpc) is 2.50. The second-order valence-electron chi connectivity index (χ2n) is 5.13. The first-order valence-electron chi connectivity index (χ1n) is 7.39. The molecular weight excluding hydrogens is 356 g/mol. The van der Waals surface area contributed by atoms with Crippen LogP contribution in [0.1, 0.15) is 23.6 Å². The SMILES string of the molecule is CCOc1ccc(/C=C/C(=O)Oc2c(C)cc(Br)cc2C)cc1. The Labute approximate surface area is 145 Å². The number of halogens is 1. The Hall–Kier alpha value is -2.07. The molecule has 0 bridgehead atoms. The van der Waals surface area contributed by atoms with Gasteiger partial charge in [0.1, 0.15) is 11.5 Å². The first kappa shape index (κ1) is 17.3. The van der Waals surface area contributed by atoms with E-state index in [1.807, 2.05) is 57.2 Å². The van der Waals surface area contributed by atoms with Crippen molar-refractivity contribution in [2.24, 2.45) is 0 Å². The normalized spacial score (nSPS) is 10.8. The van der Waals surface area contributed by atoms with Gasteiger partial charge in [-0.1, -0.05) is 28.1 Å². The van der Waals surface area contributed by atoms with Gasteiger partial charge in [-0.05, 0) is 67.8 Å². The molecule has 2 rings (SSSR count). The molecule has 0 aliphatic carbocycles. The summed E-state index contributed by atoms with van der Waals surface area (Å²) >= 11 is 3.43. The monoisotopic (exact) mass is 374 g/mol. The lowest BCUT2D eigenvalue weighted by molar-refractivity contribution is -0.129. The minimum absolute atomic E-state index is 0.396. The molecule has 120 valence electrons. The third-order valence-corrected chi connectivity index (χ3v) is 3.69. The fourth-order valence-electron chi connectivity index (χ4n) is 2.20. The number of aryl methyl sites for hydroxylation is 2. The Kier molecular flexibility index (Phi) is 5.99. The second-order valence-corrected chi connectivity index (χ2v) is 6.04. The Bertz CT molecular complexity index is 695. The van der Waals surface area contributed by atoms with Gasteiger partial charge in [-0.25, -0.2) is 4.79 Å². The Morgan fingerprint density at radius 1 is 1.13 bits per heavy atom. The van der Waals surface area contributed by atoms with Crippen LogP contribution < -0.4 is 9.47 Å². The molecule has 0 aliphatic rings. The van der Waals surface area contributed by atoms with Gasteiger partial charge in [0.15, 0.2) is 0 Å². The van der Waals surface area contributed by atoms with Gasteiger partial charge in [0.05, 0.1) is 6.61 Å². The molecule has 0 atom stereocenters. The quantitative estimate of drug-likeness (QED) is 0.415. The topological polar surface area (TPSA) is 35.5 Å². The summed E-state index contributed by atoms with van der Waals surface area (Å²) in [6.07, 6.45) is 3.15. The average molecular weight is 375 g/mol. The Morgan fingerprint density at radius 2 is 1.74 bits per heavy atom. The molecular formula is C19H19BrO3. The number of hydrogen-bond acceptors (Lipinski definition) is 3. The van der Waals surface area contributed by atoms with Crippen molar-refractivity contribution in [2.45, 2.75) is 20.8 Å². The van der Waals surface area contributed by atoms with Crippen LogP contribution in [0.15, 0.2) is 46.9 Å². The van der Waals surface area contributed by atoms with Gasteiger partial charge in [-0.15, -0.1) is 0 Å². The summed E-state index contributed by atoms with van der Waals surface area (Å²) in [5.41, 5.74) is 2.74. The number of benzene rings is 2. The molecule has 4 heteroatoms. The van der Waals surface area contributed by atoms with Gasteiger partial charge < -0.3 is 9.47 Å². The smallest absolute Gasteiger partial charge is 0.336 e. The molecule has 0 saturated heterocycles. The van der Waals surface area contributed by atoms with Crippen LogP contribution in [0.3, 0.4) is 0 Å². The first-order valence-corrected chi connectivity index (χ1v) is 8.18. The Morgan fingerprint density at radius 3 is 2.30 bits per heavy atom. The number of hydrogen-bond donors (Lipinski definition) is 0. The molecule has 0 N–H and O–H groups in total. The molecule has 0 unspecified atom stereocenters. The van der Waals surface area contributed by atoms with Crippen LogP contribution in [0.5, 0.6) is 11.5 Å². The Balaban J connectivity index is 2.04. The van der Waals surface area contributed by atoms with Crippen LogP contribution in [0.25, 0.3) is 6.08 Å². The lowest BCUT2D eigenvalue weighted by Crippen LogP contribution is -2.06. The van der Waals surface area contributed by atoms with Crippen molar-refractivity contribution >= 4 is 28.0 Å². The summed E-state index contributed by atoms with van der Waals surface area (Å²) in [4.78, 5) is 12.0. The summed E-state index contributed by atoms with van der Waals surface area (Å²) < 4.78 is 11.8. The molecule has 0 saturated carbocycles. The maximum atomic E-state index is 12.0. The van der Waals surface area contributed by atoms with Crippen LogP contribution in [0.2, 0.25) is 0 Å². The highest BCUT2D eigenvalue weighted by Crippen LogP contribution is 2.27. The molecule has 0 fully saturated rings. The van der Waals surface area contributed by atoms with Crippen molar-refractivity contribution < 1.29 is 14.3 Å². The number of rotatable bonds is 5. The lowest BCUT2D eigenvalue weighted by atomic mass is 10.1. The lowest BCUT2D eigenvalue weighted by Gasteiger charge is -2.09. The van der Waals surface area contributed by atoms with Crippen LogP contribution in [-0.4, -0.2) is 12.6 Å². The second kappa shape index (κ2) is 7.97. The van der Waals surface area contributed by atoms with E-state index in [2.05, 4.69) is 15.9 Å². The van der Waals surface area contributed by atoms with Crippen LogP contribution >= 0.6 is 15.9 Å². The molecule has 2 aromatic carbocycles. The molecule has 0 spiro atoms. The predicted octanol–water partition coefficient (Wildman–Crippen LogP) is 5.08. The van der Waals surface area contributed by atoms with E-state index < -0.39 is 5.97 Å². The zero-order valence-electron chi connectivity index (χ0n) is 13.4. The standard InChI is InChI=1S/C19H19BrO3/c1-4-22-17-8-5-15(6-9-17)7-10-18(21)23-19-13(2)11-16(20)12-14(19)3/h5-12H,4H2,1-3H3/b10-7+. The third-order valence-electron chi connectivity index (χ3n) is 3.23. The molecule has 0 aliphatic heterocycles. The molecule has 3 nitrogen and oxygen atoms in total. The molecule has 23 heavy (non-hydrogen) atoms. The predicted molar refractivity (Wildman–Crippen MR) is 95.9 cm³/mol. The molecule has 0 radical (unpaired) electrons. The molecule has 2 aromatic rings. The molecule has 0 amide bonds. The van der Waals surface area contributed by atoms with Crippen molar-refractivity contribution in [3.05, 3.63) is 63.6 Å². The van der Waals surface area contributed by atoms with Crippen LogP contribution in [0, 0.1) is 13.8 Å². The highest BCUT2D eigenvalue weighted by atomic mass is 79.9. The van der Waals surface area contributed by atoms with Crippen molar-refractivity contribution in [3.63, 3.8) is 0 Å². The summed E-state index contributed by atoms with van der Waals surface area (Å²) in [5, 5.41) is 0. The number of carbonyl (C=O) groups excluding carboxylic acids is 1. The number of ether oxygens (including phenoxy) is 2. The van der Waals surface area contributed by atoms with Gasteiger partial charge in [0, 0.05) is 10.5 Å². The number of carbonyl (C=O) groups is 1. The summed E-state index contributed by atoms with van der Waals surface area (Å²) in [7, 11) is 0. The summed E-state index contributed by atoms with van der Waals surface area (Å²) in [6.45, 7) is 6.40. The van der Waals surface area contributed by atoms with Gasteiger partial charge in [-0.2, -0.15) is 0 Å². The van der Waals surface area contributed by atoms with Crippen LogP contribution in [0.4, 0.5) is 0 Å². The van der Waals surface area contributed by atoms with E-state index in [0.717, 1.165) is 26.9 Å². The van der Waals surface area contributed by atoms with E-state index in [4.69, 9.17) is 9.47 Å². The molecule has 0 heterocycles. The van der Waals surface area contributed by atoms with Crippen molar-refractivity contribution in [1.82, 2.24) is 0 Å². The highest BCUT2D eigenvalue weighted by molar-refractivity contribution is 9.10. The first-order chi connectivity index (χ1) is 11.0. The van der Waals surface area contributed by atoms with E-state index in [-0.39, 0.29) is 0 Å². The minimum atomic E-state index is -0.396. The molecule has 0 aromatic heterocycles. The zero-order valence-corrected chi connectivity index (χ0v) is 15.0. The van der Waals surface area contributed by atoms with E-state index in [0.29, 0.717) is 12.4 Å². The minimum Gasteiger partial charge on any atom is -0.494 e. The van der Waals surface area contributed by atoms with Gasteiger partial charge in [0.2, 0.25) is 0 Å². The van der Waals surface area contributed by atoms with E-state index >= 15 is 0 Å². The zero-order chi connectivity index (χ0) is 16.8. The van der Waals surface area contributed by atoms with Crippen molar-refractivity contribution in [3.8, 4) is 11.5 Å². The summed E-state index contributed by atoms with van der Waals surface area (Å²) in [6, 6.07) is 11.4. The fraction of sp³-hybridized carbons (Fsp3) is 0.211. The number of esters is 1. The fourth-order valence-corrected chi connectivity index (χ4v) is 2.89.